The van der Waals surface area contributed by atoms with Gasteiger partial charge >= 0.3 is 0 Å². The third-order valence-electron chi connectivity index (χ3n) is 2.43. The molecule has 0 heterocycles. The van der Waals surface area contributed by atoms with Crippen molar-refractivity contribution in [3.63, 3.8) is 0 Å². The van der Waals surface area contributed by atoms with Crippen LogP contribution in [0.5, 0.6) is 5.75 Å². The molecule has 0 unspecified atom stereocenters. The van der Waals surface area contributed by atoms with Crippen molar-refractivity contribution in [3.8, 4) is 16.9 Å². The van der Waals surface area contributed by atoms with Crippen molar-refractivity contribution in [1.29, 1.82) is 0 Å². The Labute approximate surface area is 122 Å². The van der Waals surface area contributed by atoms with Crippen molar-refractivity contribution >= 4 is 0 Å². The molecule has 1 N–H and O–H groups in total. The van der Waals surface area contributed by atoms with Gasteiger partial charge in [-0.25, -0.2) is 0 Å². The van der Waals surface area contributed by atoms with Gasteiger partial charge in [-0.1, -0.05) is 29.3 Å². The van der Waals surface area contributed by atoms with Crippen molar-refractivity contribution in [2.24, 2.45) is 0 Å². The number of phenolic OH excluding ortho intramolecular Hbond substituents is 1. The Morgan fingerprint density at radius 1 is 0.778 bits per heavy atom. The Balaban J connectivity index is 0.000000230. The fourth-order valence-corrected chi connectivity index (χ4v) is 1.59. The maximum atomic E-state index is 9.48. The van der Waals surface area contributed by atoms with Gasteiger partial charge in [0, 0.05) is 21.7 Å². The smallest absolute Gasteiger partial charge is 0.0567 e. The first kappa shape index (κ1) is 14.5. The van der Waals surface area contributed by atoms with Crippen LogP contribution in [0.4, 0.5) is 0 Å². The predicted octanol–water partition coefficient (Wildman–Crippen LogP) is 4.18. The van der Waals surface area contributed by atoms with Gasteiger partial charge in [0.15, 0.2) is 0 Å². The van der Waals surface area contributed by atoms with Gasteiger partial charge in [-0.15, -0.1) is 18.2 Å². The summed E-state index contributed by atoms with van der Waals surface area (Å²) in [6, 6.07) is 25.2. The SMILES string of the molecule is Oc1ccccc1-[c-]1cccc1.[Ti].[cH-]1[cH-][cH-][cH-][cH-]1. The van der Waals surface area contributed by atoms with E-state index in [0.29, 0.717) is 5.75 Å². The van der Waals surface area contributed by atoms with E-state index in [4.69, 9.17) is 0 Å². The second-order valence-electron chi connectivity index (χ2n) is 3.65. The Morgan fingerprint density at radius 2 is 1.28 bits per heavy atom. The summed E-state index contributed by atoms with van der Waals surface area (Å²) in [5, 5.41) is 9.48. The molecule has 0 radical (unpaired) electrons. The summed E-state index contributed by atoms with van der Waals surface area (Å²) in [6.45, 7) is 0. The standard InChI is InChI=1S/C11H9O.C5H5.Ti/c12-11-8-4-3-7-10(11)9-5-1-2-6-9;1-2-4-5-3-1;/h1-8,12H;1-5H;/q-1;-5;. The monoisotopic (exact) mass is 270 g/mol. The molecule has 3 rings (SSSR count). The van der Waals surface area contributed by atoms with E-state index in [-0.39, 0.29) is 21.7 Å². The first-order chi connectivity index (χ1) is 8.38. The van der Waals surface area contributed by atoms with Gasteiger partial charge in [0.1, 0.15) is 0 Å². The number of benzene rings is 1. The number of rotatable bonds is 1. The van der Waals surface area contributed by atoms with Crippen LogP contribution in [0.15, 0.2) is 78.9 Å². The van der Waals surface area contributed by atoms with Gasteiger partial charge in [0.05, 0.1) is 5.75 Å². The minimum atomic E-state index is 0. The van der Waals surface area contributed by atoms with Crippen molar-refractivity contribution < 1.29 is 26.8 Å². The van der Waals surface area contributed by atoms with Gasteiger partial charge in [-0.05, 0) is 0 Å². The van der Waals surface area contributed by atoms with Crippen LogP contribution in [0.1, 0.15) is 0 Å². The van der Waals surface area contributed by atoms with Gasteiger partial charge in [0.2, 0.25) is 0 Å². The molecular weight excluding hydrogens is 256 g/mol. The van der Waals surface area contributed by atoms with E-state index in [2.05, 4.69) is 0 Å². The van der Waals surface area contributed by atoms with Crippen molar-refractivity contribution in [3.05, 3.63) is 78.9 Å². The Morgan fingerprint density at radius 3 is 1.78 bits per heavy atom. The first-order valence-electron chi connectivity index (χ1n) is 5.54. The van der Waals surface area contributed by atoms with E-state index in [1.54, 1.807) is 6.07 Å². The molecular formula is C16H14OTi-6. The number of phenols is 1. The van der Waals surface area contributed by atoms with Gasteiger partial charge in [-0.3, -0.25) is 0 Å². The summed E-state index contributed by atoms with van der Waals surface area (Å²) in [4.78, 5) is 0. The normalized spacial score (nSPS) is 8.89. The minimum absolute atomic E-state index is 0. The molecule has 0 fully saturated rings. The number of para-hydroxylation sites is 1. The van der Waals surface area contributed by atoms with E-state index in [1.807, 2.05) is 72.8 Å². The van der Waals surface area contributed by atoms with Crippen LogP contribution >= 0.6 is 0 Å². The average molecular weight is 270 g/mol. The summed E-state index contributed by atoms with van der Waals surface area (Å²) in [6.07, 6.45) is 0. The van der Waals surface area contributed by atoms with Crippen LogP contribution in [0.2, 0.25) is 0 Å². The van der Waals surface area contributed by atoms with Crippen molar-refractivity contribution in [2.75, 3.05) is 0 Å². The third-order valence-corrected chi connectivity index (χ3v) is 2.43. The molecule has 18 heavy (non-hydrogen) atoms. The molecule has 2 heteroatoms. The second kappa shape index (κ2) is 7.70. The van der Waals surface area contributed by atoms with Crippen LogP contribution < -0.4 is 0 Å². The third kappa shape index (κ3) is 4.03. The van der Waals surface area contributed by atoms with E-state index in [9.17, 15) is 5.11 Å². The van der Waals surface area contributed by atoms with E-state index in [1.165, 1.54) is 0 Å². The molecule has 1 nitrogen and oxygen atoms in total. The molecule has 0 aliphatic rings. The molecule has 0 bridgehead atoms. The summed E-state index contributed by atoms with van der Waals surface area (Å²) < 4.78 is 0. The second-order valence-corrected chi connectivity index (χ2v) is 3.65. The summed E-state index contributed by atoms with van der Waals surface area (Å²) >= 11 is 0. The molecule has 0 aliphatic heterocycles. The van der Waals surface area contributed by atoms with Crippen LogP contribution in [0, 0.1) is 0 Å². The topological polar surface area (TPSA) is 20.2 Å². The Hall–Kier alpha value is -1.57. The molecule has 0 amide bonds. The van der Waals surface area contributed by atoms with Gasteiger partial charge in [0.25, 0.3) is 0 Å². The summed E-state index contributed by atoms with van der Waals surface area (Å²) in [7, 11) is 0. The fourth-order valence-electron chi connectivity index (χ4n) is 1.59. The molecule has 0 saturated carbocycles. The van der Waals surface area contributed by atoms with Crippen LogP contribution in [0.25, 0.3) is 11.1 Å². The summed E-state index contributed by atoms with van der Waals surface area (Å²) in [5.41, 5.74) is 1.95. The quantitative estimate of drug-likeness (QED) is 0.519. The Kier molecular flexibility index (Phi) is 6.20. The van der Waals surface area contributed by atoms with Crippen LogP contribution in [-0.2, 0) is 21.7 Å². The maximum absolute atomic E-state index is 9.48. The van der Waals surface area contributed by atoms with Gasteiger partial charge < -0.3 is 35.4 Å². The largest absolute Gasteiger partial charge is 0.748 e. The fraction of sp³-hybridized carbons (Fsp3) is 0. The molecule has 0 atom stereocenters. The summed E-state index contributed by atoms with van der Waals surface area (Å²) in [5.74, 6) is 0.337. The van der Waals surface area contributed by atoms with Crippen LogP contribution in [0.3, 0.4) is 0 Å². The first-order valence-corrected chi connectivity index (χ1v) is 5.54. The molecule has 0 aromatic heterocycles. The van der Waals surface area contributed by atoms with E-state index in [0.717, 1.165) is 11.1 Å². The zero-order valence-corrected chi connectivity index (χ0v) is 11.5. The van der Waals surface area contributed by atoms with Crippen LogP contribution in [-0.4, -0.2) is 5.11 Å². The zero-order valence-electron chi connectivity index (χ0n) is 9.95. The average Bonchev–Trinajstić information content (AvgIpc) is 3.06. The molecule has 0 aliphatic carbocycles. The number of hydrogen-bond donors (Lipinski definition) is 1. The van der Waals surface area contributed by atoms with Crippen molar-refractivity contribution in [2.45, 2.75) is 0 Å². The van der Waals surface area contributed by atoms with Crippen molar-refractivity contribution in [1.82, 2.24) is 0 Å². The van der Waals surface area contributed by atoms with E-state index >= 15 is 0 Å². The number of hydrogen-bond acceptors (Lipinski definition) is 1. The molecule has 0 spiro atoms. The zero-order chi connectivity index (χ0) is 11.9. The number of aromatic hydroxyl groups is 1. The van der Waals surface area contributed by atoms with E-state index < -0.39 is 0 Å². The van der Waals surface area contributed by atoms with Gasteiger partial charge in [-0.2, -0.15) is 12.1 Å². The maximum Gasteiger partial charge on any atom is 0.0567 e. The molecule has 0 saturated heterocycles. The molecule has 94 valence electrons. The minimum Gasteiger partial charge on any atom is -0.748 e. The molecule has 3 aromatic rings. The predicted molar refractivity (Wildman–Crippen MR) is 71.2 cm³/mol. The Bertz CT molecular complexity index is 507. The molecule has 3 aromatic carbocycles.